The Morgan fingerprint density at radius 3 is 2.40 bits per heavy atom. The Bertz CT molecular complexity index is 590. The fraction of sp³-hybridized carbons (Fsp3) is 0.250. The van der Waals surface area contributed by atoms with Gasteiger partial charge in [0.25, 0.3) is 0 Å². The Morgan fingerprint density at radius 2 is 1.85 bits per heavy atom. The minimum absolute atomic E-state index is 0.106. The molecule has 20 heavy (non-hydrogen) atoms. The molecule has 0 spiro atoms. The molecular formula is C16H18BrFN2. The number of aryl methyl sites for hydroxylation is 2. The number of nitrogens with two attached hydrogens (primary N) is 1. The minimum Gasteiger partial charge on any atom is -0.377 e. The van der Waals surface area contributed by atoms with Crippen molar-refractivity contribution in [1.29, 1.82) is 0 Å². The van der Waals surface area contributed by atoms with Crippen LogP contribution in [0.2, 0.25) is 0 Å². The van der Waals surface area contributed by atoms with E-state index in [1.165, 1.54) is 12.1 Å². The van der Waals surface area contributed by atoms with Gasteiger partial charge in [-0.1, -0.05) is 28.1 Å². The van der Waals surface area contributed by atoms with Gasteiger partial charge >= 0.3 is 0 Å². The Hall–Kier alpha value is -1.39. The van der Waals surface area contributed by atoms with Crippen LogP contribution in [0.25, 0.3) is 0 Å². The summed E-state index contributed by atoms with van der Waals surface area (Å²) in [7, 11) is 0. The maximum atomic E-state index is 13.3. The number of benzene rings is 2. The van der Waals surface area contributed by atoms with Crippen molar-refractivity contribution in [2.75, 3.05) is 11.9 Å². The Kier molecular flexibility index (Phi) is 4.78. The van der Waals surface area contributed by atoms with E-state index in [1.807, 2.05) is 19.9 Å². The lowest BCUT2D eigenvalue weighted by molar-refractivity contribution is 0.622. The van der Waals surface area contributed by atoms with Crippen LogP contribution in [0.1, 0.15) is 22.7 Å². The van der Waals surface area contributed by atoms with E-state index >= 15 is 0 Å². The van der Waals surface area contributed by atoms with Crippen molar-refractivity contribution in [1.82, 2.24) is 0 Å². The average molecular weight is 337 g/mol. The molecule has 2 nitrogen and oxygen atoms in total. The highest BCUT2D eigenvalue weighted by molar-refractivity contribution is 9.10. The third kappa shape index (κ3) is 3.38. The zero-order valence-electron chi connectivity index (χ0n) is 11.6. The second kappa shape index (κ2) is 6.37. The third-order valence-corrected chi connectivity index (χ3v) is 4.51. The molecule has 0 saturated carbocycles. The Morgan fingerprint density at radius 1 is 1.20 bits per heavy atom. The molecule has 0 aliphatic rings. The zero-order valence-corrected chi connectivity index (χ0v) is 13.2. The second-order valence-electron chi connectivity index (χ2n) is 4.91. The first-order valence-electron chi connectivity index (χ1n) is 6.50. The molecular weight excluding hydrogens is 319 g/mol. The molecule has 0 amide bonds. The topological polar surface area (TPSA) is 38.0 Å². The molecule has 0 radical (unpaired) electrons. The lowest BCUT2D eigenvalue weighted by atomic mass is 10.1. The normalized spacial score (nSPS) is 12.2. The second-order valence-corrected chi connectivity index (χ2v) is 5.70. The van der Waals surface area contributed by atoms with E-state index < -0.39 is 0 Å². The van der Waals surface area contributed by atoms with Crippen molar-refractivity contribution in [3.05, 3.63) is 63.4 Å². The quantitative estimate of drug-likeness (QED) is 0.872. The molecule has 0 heterocycles. The summed E-state index contributed by atoms with van der Waals surface area (Å²) in [5.74, 6) is -0.245. The molecule has 0 saturated heterocycles. The molecule has 2 aromatic carbocycles. The number of rotatable bonds is 4. The van der Waals surface area contributed by atoms with Crippen LogP contribution in [0, 0.1) is 19.7 Å². The van der Waals surface area contributed by atoms with E-state index in [0.717, 1.165) is 26.9 Å². The van der Waals surface area contributed by atoms with Gasteiger partial charge in [-0.25, -0.2) is 4.39 Å². The number of anilines is 1. The first-order valence-corrected chi connectivity index (χ1v) is 7.29. The molecule has 1 atom stereocenters. The summed E-state index contributed by atoms with van der Waals surface area (Å²) in [6.45, 7) is 4.49. The van der Waals surface area contributed by atoms with Crippen LogP contribution in [-0.2, 0) is 0 Å². The van der Waals surface area contributed by atoms with Gasteiger partial charge in [0.1, 0.15) is 5.82 Å². The molecule has 0 aliphatic heterocycles. The minimum atomic E-state index is -0.245. The fourth-order valence-electron chi connectivity index (χ4n) is 2.23. The Balaban J connectivity index is 2.27. The average Bonchev–Trinajstić information content (AvgIpc) is 2.42. The third-order valence-electron chi connectivity index (χ3n) is 3.26. The SMILES string of the molecule is Cc1cc(NC(CN)c2cccc(F)c2)cc(C)c1Br. The van der Waals surface area contributed by atoms with E-state index in [2.05, 4.69) is 33.4 Å². The van der Waals surface area contributed by atoms with Crippen LogP contribution in [-0.4, -0.2) is 6.54 Å². The molecule has 1 unspecified atom stereocenters. The summed E-state index contributed by atoms with van der Waals surface area (Å²) in [6.07, 6.45) is 0. The van der Waals surface area contributed by atoms with E-state index in [0.29, 0.717) is 6.54 Å². The summed E-state index contributed by atoms with van der Waals surface area (Å²) in [5.41, 5.74) is 9.97. The van der Waals surface area contributed by atoms with E-state index in [-0.39, 0.29) is 11.9 Å². The maximum absolute atomic E-state index is 13.3. The van der Waals surface area contributed by atoms with Crippen molar-refractivity contribution in [3.63, 3.8) is 0 Å². The lowest BCUT2D eigenvalue weighted by Crippen LogP contribution is -2.20. The summed E-state index contributed by atoms with van der Waals surface area (Å²) in [5, 5.41) is 3.37. The summed E-state index contributed by atoms with van der Waals surface area (Å²) in [4.78, 5) is 0. The highest BCUT2D eigenvalue weighted by Gasteiger charge is 2.11. The fourth-order valence-corrected chi connectivity index (χ4v) is 2.46. The van der Waals surface area contributed by atoms with Crippen LogP contribution in [0.3, 0.4) is 0 Å². The van der Waals surface area contributed by atoms with Gasteiger partial charge in [0.05, 0.1) is 6.04 Å². The van der Waals surface area contributed by atoms with Gasteiger partial charge in [-0.05, 0) is 54.8 Å². The first kappa shape index (κ1) is 15.0. The number of hydrogen-bond acceptors (Lipinski definition) is 2. The molecule has 4 heteroatoms. The predicted molar refractivity (Wildman–Crippen MR) is 85.4 cm³/mol. The molecule has 2 rings (SSSR count). The zero-order chi connectivity index (χ0) is 14.7. The van der Waals surface area contributed by atoms with Crippen molar-refractivity contribution >= 4 is 21.6 Å². The van der Waals surface area contributed by atoms with E-state index in [4.69, 9.17) is 5.73 Å². The van der Waals surface area contributed by atoms with Gasteiger partial charge in [0.2, 0.25) is 0 Å². The van der Waals surface area contributed by atoms with Crippen LogP contribution in [0.5, 0.6) is 0 Å². The van der Waals surface area contributed by atoms with Crippen LogP contribution < -0.4 is 11.1 Å². The van der Waals surface area contributed by atoms with Crippen LogP contribution in [0.15, 0.2) is 40.9 Å². The molecule has 3 N–H and O–H groups in total. The smallest absolute Gasteiger partial charge is 0.123 e. The van der Waals surface area contributed by atoms with E-state index in [9.17, 15) is 4.39 Å². The number of hydrogen-bond donors (Lipinski definition) is 2. The summed E-state index contributed by atoms with van der Waals surface area (Å²) < 4.78 is 14.4. The molecule has 106 valence electrons. The lowest BCUT2D eigenvalue weighted by Gasteiger charge is -2.20. The van der Waals surface area contributed by atoms with Crippen LogP contribution >= 0.6 is 15.9 Å². The highest BCUT2D eigenvalue weighted by Crippen LogP contribution is 2.27. The standard InChI is InChI=1S/C16H18BrFN2/c1-10-6-14(7-11(2)16(10)17)20-15(9-19)12-4-3-5-13(18)8-12/h3-8,15,20H,9,19H2,1-2H3. The number of halogens is 2. The van der Waals surface area contributed by atoms with Gasteiger partial charge < -0.3 is 11.1 Å². The molecule has 0 bridgehead atoms. The molecule has 0 aromatic heterocycles. The number of nitrogens with one attached hydrogen (secondary N) is 1. The van der Waals surface area contributed by atoms with Gasteiger partial charge in [-0.2, -0.15) is 0 Å². The predicted octanol–water partition coefficient (Wildman–Crippen LogP) is 4.32. The van der Waals surface area contributed by atoms with Gasteiger partial charge in [-0.15, -0.1) is 0 Å². The van der Waals surface area contributed by atoms with Gasteiger partial charge in [0, 0.05) is 16.7 Å². The summed E-state index contributed by atoms with van der Waals surface area (Å²) in [6, 6.07) is 10.5. The van der Waals surface area contributed by atoms with Crippen molar-refractivity contribution in [3.8, 4) is 0 Å². The van der Waals surface area contributed by atoms with Crippen molar-refractivity contribution in [2.45, 2.75) is 19.9 Å². The van der Waals surface area contributed by atoms with E-state index in [1.54, 1.807) is 6.07 Å². The van der Waals surface area contributed by atoms with Gasteiger partial charge in [0.15, 0.2) is 0 Å². The van der Waals surface area contributed by atoms with Gasteiger partial charge in [-0.3, -0.25) is 0 Å². The van der Waals surface area contributed by atoms with Crippen molar-refractivity contribution in [2.24, 2.45) is 5.73 Å². The molecule has 2 aromatic rings. The van der Waals surface area contributed by atoms with Crippen molar-refractivity contribution < 1.29 is 4.39 Å². The largest absolute Gasteiger partial charge is 0.377 e. The van der Waals surface area contributed by atoms with Crippen LogP contribution in [0.4, 0.5) is 10.1 Å². The molecule has 0 fully saturated rings. The highest BCUT2D eigenvalue weighted by atomic mass is 79.9. The summed E-state index contributed by atoms with van der Waals surface area (Å²) >= 11 is 3.55. The molecule has 0 aliphatic carbocycles. The first-order chi connectivity index (χ1) is 9.51. The maximum Gasteiger partial charge on any atom is 0.123 e. The Labute approximate surface area is 127 Å². The monoisotopic (exact) mass is 336 g/mol.